The van der Waals surface area contributed by atoms with Crippen LogP contribution in [0.4, 0.5) is 0 Å². The van der Waals surface area contributed by atoms with E-state index < -0.39 is 22.8 Å². The molecule has 51 valence electrons. The van der Waals surface area contributed by atoms with Crippen molar-refractivity contribution in [3.05, 3.63) is 0 Å². The van der Waals surface area contributed by atoms with Crippen molar-refractivity contribution in [1.29, 1.82) is 0 Å². The quantitative estimate of drug-likeness (QED) is 0.596. The molecule has 0 aliphatic carbocycles. The van der Waals surface area contributed by atoms with E-state index in [0.29, 0.717) is 0 Å². The van der Waals surface area contributed by atoms with Crippen LogP contribution in [0.1, 0.15) is 0 Å². The maximum atomic E-state index is 4.94. The van der Waals surface area contributed by atoms with Crippen molar-refractivity contribution in [3.63, 3.8) is 0 Å². The van der Waals surface area contributed by atoms with Gasteiger partial charge in [-0.2, -0.15) is 0 Å². The van der Waals surface area contributed by atoms with E-state index in [1.807, 2.05) is 0 Å². The van der Waals surface area contributed by atoms with Crippen LogP contribution in [0, 0.1) is 0 Å². The van der Waals surface area contributed by atoms with Crippen LogP contribution in [0.3, 0.4) is 0 Å². The van der Waals surface area contributed by atoms with Crippen LogP contribution < -0.4 is 0 Å². The van der Waals surface area contributed by atoms with Crippen molar-refractivity contribution in [2.24, 2.45) is 0 Å². The Morgan fingerprint density at radius 1 is 0.875 bits per heavy atom. The fourth-order valence-electron chi connectivity index (χ4n) is 0. The van der Waals surface area contributed by atoms with E-state index in [9.17, 15) is 0 Å². The summed E-state index contributed by atoms with van der Waals surface area (Å²) >= 11 is -3.35. The van der Waals surface area contributed by atoms with Gasteiger partial charge in [0.05, 0.1) is 0 Å². The minimum atomic E-state index is -1.72. The van der Waals surface area contributed by atoms with Crippen LogP contribution in [0.5, 0.6) is 0 Å². The predicted molar refractivity (Wildman–Crippen MR) is 40.9 cm³/mol. The van der Waals surface area contributed by atoms with Crippen LogP contribution in [0.25, 0.3) is 0 Å². The molecular formula is AlCl6Cr. The van der Waals surface area contributed by atoms with Gasteiger partial charge < -0.3 is 0 Å². The molecule has 0 rings (SSSR count). The first-order valence-corrected chi connectivity index (χ1v) is 11.6. The van der Waals surface area contributed by atoms with Gasteiger partial charge in [0.1, 0.15) is 0 Å². The van der Waals surface area contributed by atoms with Crippen LogP contribution in [0.2, 0.25) is 0 Å². The van der Waals surface area contributed by atoms with Crippen molar-refractivity contribution in [2.45, 2.75) is 0 Å². The molecule has 0 aromatic heterocycles. The van der Waals surface area contributed by atoms with E-state index in [2.05, 4.69) is 0 Å². The summed E-state index contributed by atoms with van der Waals surface area (Å²) in [5.74, 6) is 0. The molecular weight excluding hydrogens is 292 g/mol. The molecule has 0 aromatic rings. The monoisotopic (exact) mass is 289 g/mol. The van der Waals surface area contributed by atoms with Crippen molar-refractivity contribution in [1.82, 2.24) is 0 Å². The molecule has 0 aliphatic heterocycles. The molecule has 0 saturated carbocycles. The second kappa shape index (κ2) is 9.80. The van der Waals surface area contributed by atoms with Crippen molar-refractivity contribution in [3.8, 4) is 0 Å². The molecule has 0 radical (unpaired) electrons. The molecule has 0 fully saturated rings. The summed E-state index contributed by atoms with van der Waals surface area (Å²) in [7, 11) is 29.6. The molecule has 0 aromatic carbocycles. The van der Waals surface area contributed by atoms with Crippen LogP contribution in [-0.2, 0) is 11.4 Å². The summed E-state index contributed by atoms with van der Waals surface area (Å²) in [6.45, 7) is 0. The van der Waals surface area contributed by atoms with Crippen molar-refractivity contribution >= 4 is 71.7 Å². The fraction of sp³-hybridized carbons (Fsp3) is 0. The van der Waals surface area contributed by atoms with E-state index >= 15 is 0 Å². The van der Waals surface area contributed by atoms with E-state index in [0.717, 1.165) is 0 Å². The molecule has 8 heteroatoms. The second-order valence-corrected chi connectivity index (χ2v) is 13.2. The average molecular weight is 292 g/mol. The Morgan fingerprint density at radius 2 is 0.875 bits per heavy atom. The number of halogens is 6. The Balaban J connectivity index is 0. The normalized spacial score (nSPS) is 7.88. The summed E-state index contributed by atoms with van der Waals surface area (Å²) in [5.41, 5.74) is 0. The topological polar surface area (TPSA) is 0 Å². The summed E-state index contributed by atoms with van der Waals surface area (Å²) in [5, 5.41) is 0. The third kappa shape index (κ3) is 68.2. The Kier molecular flexibility index (Phi) is 16.4. The SMILES string of the molecule is [Cl][Al]([Cl])[Cl].[Cl][Cr]([Cl])[Cl]. The Bertz CT molecular complexity index is 24.0. The third-order valence-electron chi connectivity index (χ3n) is 0. The number of hydrogen-bond donors (Lipinski definition) is 0. The van der Waals surface area contributed by atoms with E-state index in [1.54, 1.807) is 0 Å². The molecule has 0 atom stereocenters. The van der Waals surface area contributed by atoms with Gasteiger partial charge in [-0.05, 0) is 0 Å². The van der Waals surface area contributed by atoms with Gasteiger partial charge in [-0.3, -0.25) is 0 Å². The standard InChI is InChI=1S/Al.6ClH.Cr/h;6*1H;/q+3;;;;;;;+3/p-6. The Labute approximate surface area is 81.9 Å². The Morgan fingerprint density at radius 3 is 0.875 bits per heavy atom. The van der Waals surface area contributed by atoms with Gasteiger partial charge in [-0.15, -0.1) is 0 Å². The molecule has 8 heavy (non-hydrogen) atoms. The maximum absolute atomic E-state index is 4.94. The van der Waals surface area contributed by atoms with Gasteiger partial charge in [0.25, 0.3) is 0 Å². The predicted octanol–water partition coefficient (Wildman–Crippen LogP) is 3.75. The molecule has 0 nitrogen and oxygen atoms in total. The minimum absolute atomic E-state index is 1.62. The molecule has 0 bridgehead atoms. The van der Waals surface area contributed by atoms with E-state index in [-0.39, 0.29) is 0 Å². The zero-order valence-corrected chi connectivity index (χ0v) is 10.2. The van der Waals surface area contributed by atoms with Crippen molar-refractivity contribution < 1.29 is 11.4 Å². The summed E-state index contributed by atoms with van der Waals surface area (Å²) < 4.78 is 0. The van der Waals surface area contributed by atoms with Gasteiger partial charge >= 0.3 is 52.9 Å². The van der Waals surface area contributed by atoms with Crippen LogP contribution >= 0.6 is 60.3 Å². The summed E-state index contributed by atoms with van der Waals surface area (Å²) in [6, 6.07) is 0. The van der Waals surface area contributed by atoms with Gasteiger partial charge in [-0.25, -0.2) is 30.1 Å². The van der Waals surface area contributed by atoms with Crippen LogP contribution in [0.15, 0.2) is 0 Å². The molecule has 0 saturated heterocycles. The van der Waals surface area contributed by atoms with E-state index in [4.69, 9.17) is 60.3 Å². The van der Waals surface area contributed by atoms with Gasteiger partial charge in [0.15, 0.2) is 0 Å². The summed E-state index contributed by atoms with van der Waals surface area (Å²) in [4.78, 5) is 0. The first kappa shape index (κ1) is 13.4. The van der Waals surface area contributed by atoms with Gasteiger partial charge in [-0.1, -0.05) is 0 Å². The molecule has 0 N–H and O–H groups in total. The number of hydrogen-bond acceptors (Lipinski definition) is 0. The van der Waals surface area contributed by atoms with Gasteiger partial charge in [0.2, 0.25) is 0 Å². The van der Waals surface area contributed by atoms with Crippen molar-refractivity contribution in [2.75, 3.05) is 0 Å². The molecule has 0 heterocycles. The first-order valence-electron chi connectivity index (χ1n) is 1.12. The zero-order chi connectivity index (χ0) is 7.15. The zero-order valence-electron chi connectivity index (χ0n) is 3.25. The molecule has 0 unspecified atom stereocenters. The molecule has 0 amide bonds. The van der Waals surface area contributed by atoms with E-state index in [1.165, 1.54) is 0 Å². The summed E-state index contributed by atoms with van der Waals surface area (Å²) in [6.07, 6.45) is 0. The molecule has 0 spiro atoms. The Hall–Kier alpha value is 2.80. The molecule has 0 aliphatic rings. The number of rotatable bonds is 0. The van der Waals surface area contributed by atoms with Crippen LogP contribution in [-0.4, -0.2) is 11.4 Å². The average Bonchev–Trinajstić information content (AvgIpc) is 1.25. The fourth-order valence-corrected chi connectivity index (χ4v) is 0. The van der Waals surface area contributed by atoms with Gasteiger partial charge in [0, 0.05) is 0 Å². The third-order valence-corrected chi connectivity index (χ3v) is 0. The first-order chi connectivity index (χ1) is 3.46. The second-order valence-electron chi connectivity index (χ2n) is 0.422.